The number of alkyl halides is 3. The van der Waals surface area contributed by atoms with Crippen LogP contribution in [-0.2, 0) is 19.2 Å². The van der Waals surface area contributed by atoms with E-state index in [1.165, 1.54) is 30.5 Å². The van der Waals surface area contributed by atoms with E-state index in [0.29, 0.717) is 16.8 Å². The number of Topliss-reactive ketones (excluding diaryl/α,β-unsaturated/α-hetero) is 1. The Bertz CT molecular complexity index is 978. The van der Waals surface area contributed by atoms with Crippen LogP contribution in [0.3, 0.4) is 0 Å². The van der Waals surface area contributed by atoms with E-state index >= 15 is 0 Å². The first-order valence-corrected chi connectivity index (χ1v) is 8.25. The second-order valence-electron chi connectivity index (χ2n) is 6.15. The zero-order valence-electron chi connectivity index (χ0n) is 14.7. The number of aromatic nitrogens is 1. The number of hydrogen-bond acceptors (Lipinski definition) is 4. The summed E-state index contributed by atoms with van der Waals surface area (Å²) in [6.45, 7) is 1.60. The number of carbonyl (C=O) groups is 1. The molecule has 3 rings (SSSR count). The van der Waals surface area contributed by atoms with Crippen molar-refractivity contribution in [2.75, 3.05) is 0 Å². The van der Waals surface area contributed by atoms with Crippen LogP contribution in [0, 0.1) is 12.7 Å². The summed E-state index contributed by atoms with van der Waals surface area (Å²) in [5, 5.41) is 3.66. The zero-order chi connectivity index (χ0) is 20.3. The predicted molar refractivity (Wildman–Crippen MR) is 91.5 cm³/mol. The second-order valence-corrected chi connectivity index (χ2v) is 6.15. The molecule has 0 unspecified atom stereocenters. The van der Waals surface area contributed by atoms with Gasteiger partial charge in [-0.15, -0.1) is 0 Å². The first-order valence-electron chi connectivity index (χ1n) is 8.25. The van der Waals surface area contributed by atoms with Gasteiger partial charge in [-0.3, -0.25) is 4.79 Å². The Kier molecular flexibility index (Phi) is 5.48. The summed E-state index contributed by atoms with van der Waals surface area (Å²) in [7, 11) is 0. The van der Waals surface area contributed by atoms with Gasteiger partial charge >= 0.3 is 6.18 Å². The molecule has 0 saturated heterocycles. The fourth-order valence-electron chi connectivity index (χ4n) is 2.54. The first kappa shape index (κ1) is 19.6. The van der Waals surface area contributed by atoms with E-state index in [1.807, 2.05) is 0 Å². The Morgan fingerprint density at radius 3 is 2.46 bits per heavy atom. The Morgan fingerprint density at radius 2 is 1.86 bits per heavy atom. The van der Waals surface area contributed by atoms with Crippen LogP contribution in [0.25, 0.3) is 0 Å². The van der Waals surface area contributed by atoms with Crippen LogP contribution in [0.1, 0.15) is 32.7 Å². The molecule has 3 aromatic rings. The van der Waals surface area contributed by atoms with Crippen molar-refractivity contribution in [3.05, 3.63) is 82.5 Å². The molecule has 146 valence electrons. The van der Waals surface area contributed by atoms with Gasteiger partial charge < -0.3 is 9.26 Å². The molecule has 1 heterocycles. The SMILES string of the molecule is Cc1nocc1CC(=O)c1cc(C(F)(F)F)ccc1OCc1ccc(F)cc1. The molecule has 28 heavy (non-hydrogen) atoms. The van der Waals surface area contributed by atoms with Gasteiger partial charge in [0.15, 0.2) is 5.78 Å². The lowest BCUT2D eigenvalue weighted by molar-refractivity contribution is -0.137. The van der Waals surface area contributed by atoms with Crippen molar-refractivity contribution in [2.45, 2.75) is 26.1 Å². The molecular formula is C20H15F4NO3. The summed E-state index contributed by atoms with van der Waals surface area (Å²) < 4.78 is 62.5. The van der Waals surface area contributed by atoms with E-state index in [-0.39, 0.29) is 24.3 Å². The number of ketones is 1. The molecule has 0 bridgehead atoms. The van der Waals surface area contributed by atoms with Gasteiger partial charge in [0.25, 0.3) is 0 Å². The van der Waals surface area contributed by atoms with Crippen molar-refractivity contribution in [1.29, 1.82) is 0 Å². The van der Waals surface area contributed by atoms with Crippen LogP contribution in [-0.4, -0.2) is 10.9 Å². The van der Waals surface area contributed by atoms with Gasteiger partial charge in [-0.1, -0.05) is 17.3 Å². The summed E-state index contributed by atoms with van der Waals surface area (Å²) in [4.78, 5) is 12.7. The van der Waals surface area contributed by atoms with Crippen molar-refractivity contribution < 1.29 is 31.6 Å². The van der Waals surface area contributed by atoms with Crippen LogP contribution in [0.4, 0.5) is 17.6 Å². The van der Waals surface area contributed by atoms with Crippen molar-refractivity contribution in [1.82, 2.24) is 5.16 Å². The lowest BCUT2D eigenvalue weighted by Crippen LogP contribution is -2.11. The molecule has 4 nitrogen and oxygen atoms in total. The number of benzene rings is 2. The first-order chi connectivity index (χ1) is 13.2. The highest BCUT2D eigenvalue weighted by Gasteiger charge is 2.32. The van der Waals surface area contributed by atoms with Crippen LogP contribution >= 0.6 is 0 Å². The fraction of sp³-hybridized carbons (Fsp3) is 0.200. The predicted octanol–water partition coefficient (Wildman–Crippen LogP) is 5.15. The van der Waals surface area contributed by atoms with Gasteiger partial charge in [0.1, 0.15) is 24.4 Å². The summed E-state index contributed by atoms with van der Waals surface area (Å²) in [5.74, 6) is -0.971. The Hall–Kier alpha value is -3.16. The summed E-state index contributed by atoms with van der Waals surface area (Å²) in [6, 6.07) is 8.19. The molecular weight excluding hydrogens is 378 g/mol. The Morgan fingerprint density at radius 1 is 1.14 bits per heavy atom. The van der Waals surface area contributed by atoms with Crippen molar-refractivity contribution >= 4 is 5.78 Å². The summed E-state index contributed by atoms with van der Waals surface area (Å²) in [5.41, 5.74) is 0.417. The highest BCUT2D eigenvalue weighted by Crippen LogP contribution is 2.33. The van der Waals surface area contributed by atoms with Gasteiger partial charge in [-0.05, 0) is 42.8 Å². The van der Waals surface area contributed by atoms with E-state index in [1.54, 1.807) is 6.92 Å². The second kappa shape index (κ2) is 7.84. The van der Waals surface area contributed by atoms with Gasteiger partial charge in [0, 0.05) is 12.0 Å². The van der Waals surface area contributed by atoms with Crippen molar-refractivity contribution in [3.63, 3.8) is 0 Å². The molecule has 8 heteroatoms. The maximum Gasteiger partial charge on any atom is 0.416 e. The third-order valence-corrected chi connectivity index (χ3v) is 4.12. The summed E-state index contributed by atoms with van der Waals surface area (Å²) >= 11 is 0. The third kappa shape index (κ3) is 4.57. The lowest BCUT2D eigenvalue weighted by atomic mass is 10.0. The van der Waals surface area contributed by atoms with Crippen LogP contribution < -0.4 is 4.74 Å². The van der Waals surface area contributed by atoms with E-state index in [4.69, 9.17) is 9.26 Å². The maximum absolute atomic E-state index is 13.1. The molecule has 0 spiro atoms. The summed E-state index contributed by atoms with van der Waals surface area (Å²) in [6.07, 6.45) is -3.50. The zero-order valence-corrected chi connectivity index (χ0v) is 14.7. The molecule has 0 amide bonds. The average molecular weight is 393 g/mol. The highest BCUT2D eigenvalue weighted by molar-refractivity contribution is 6.00. The molecule has 0 aliphatic heterocycles. The number of halogens is 4. The standard InChI is InChI=1S/C20H15F4NO3/c1-12-14(11-28-25-12)8-18(26)17-9-15(20(22,23)24)4-7-19(17)27-10-13-2-5-16(21)6-3-13/h2-7,9,11H,8,10H2,1H3. The molecule has 0 aliphatic carbocycles. The fourth-order valence-corrected chi connectivity index (χ4v) is 2.54. The molecule has 0 fully saturated rings. The van der Waals surface area contributed by atoms with E-state index in [2.05, 4.69) is 5.16 Å². The lowest BCUT2D eigenvalue weighted by Gasteiger charge is -2.14. The van der Waals surface area contributed by atoms with Crippen LogP contribution in [0.2, 0.25) is 0 Å². The van der Waals surface area contributed by atoms with Crippen molar-refractivity contribution in [3.8, 4) is 5.75 Å². The van der Waals surface area contributed by atoms with Crippen LogP contribution in [0.5, 0.6) is 5.75 Å². The number of aryl methyl sites for hydroxylation is 1. The van der Waals surface area contributed by atoms with Crippen LogP contribution in [0.15, 0.2) is 53.3 Å². The molecule has 0 radical (unpaired) electrons. The number of ether oxygens (including phenoxy) is 1. The smallest absolute Gasteiger partial charge is 0.416 e. The number of rotatable bonds is 6. The molecule has 2 aromatic carbocycles. The number of nitrogens with zero attached hydrogens (tertiary/aromatic N) is 1. The average Bonchev–Trinajstić information content (AvgIpc) is 3.05. The Labute approximate surface area is 157 Å². The normalized spacial score (nSPS) is 11.5. The number of carbonyl (C=O) groups excluding carboxylic acids is 1. The maximum atomic E-state index is 13.1. The van der Waals surface area contributed by atoms with Gasteiger partial charge in [0.2, 0.25) is 0 Å². The third-order valence-electron chi connectivity index (χ3n) is 4.12. The topological polar surface area (TPSA) is 52.3 Å². The van der Waals surface area contributed by atoms with Gasteiger partial charge in [0.05, 0.1) is 16.8 Å². The largest absolute Gasteiger partial charge is 0.488 e. The van der Waals surface area contributed by atoms with Gasteiger partial charge in [-0.2, -0.15) is 13.2 Å². The minimum atomic E-state index is -4.60. The number of hydrogen-bond donors (Lipinski definition) is 0. The minimum absolute atomic E-state index is 0.0106. The molecule has 0 N–H and O–H groups in total. The van der Waals surface area contributed by atoms with Crippen molar-refractivity contribution in [2.24, 2.45) is 0 Å². The quantitative estimate of drug-likeness (QED) is 0.430. The highest BCUT2D eigenvalue weighted by atomic mass is 19.4. The van der Waals surface area contributed by atoms with Gasteiger partial charge in [-0.25, -0.2) is 4.39 Å². The minimum Gasteiger partial charge on any atom is -0.488 e. The van der Waals surface area contributed by atoms with E-state index in [0.717, 1.165) is 18.2 Å². The molecule has 0 saturated carbocycles. The Balaban J connectivity index is 1.88. The molecule has 1 aromatic heterocycles. The molecule has 0 aliphatic rings. The monoisotopic (exact) mass is 393 g/mol. The molecule has 0 atom stereocenters. The van der Waals surface area contributed by atoms with E-state index < -0.39 is 23.3 Å². The van der Waals surface area contributed by atoms with E-state index in [9.17, 15) is 22.4 Å².